The van der Waals surface area contributed by atoms with E-state index in [9.17, 15) is 0 Å². The van der Waals surface area contributed by atoms with Crippen LogP contribution >= 0.6 is 23.2 Å². The lowest BCUT2D eigenvalue weighted by molar-refractivity contribution is 0.309. The summed E-state index contributed by atoms with van der Waals surface area (Å²) in [5, 5.41) is 1.52. The third kappa shape index (κ3) is 5.57. The lowest BCUT2D eigenvalue weighted by Crippen LogP contribution is -2.12. The summed E-state index contributed by atoms with van der Waals surface area (Å²) in [6.07, 6.45) is 0. The molecule has 0 spiro atoms. The Bertz CT molecular complexity index is 314. The molecule has 0 fully saturated rings. The van der Waals surface area contributed by atoms with E-state index in [-0.39, 0.29) is 5.04 Å². The molecule has 1 aromatic rings. The Hall–Kier alpha value is -0.0231. The van der Waals surface area contributed by atoms with Crippen molar-refractivity contribution in [2.24, 2.45) is 0 Å². The SMILES string of the molecule is CC(C)(C)[Si]OCc1cc(Cl)cc(Cl)c1. The molecule has 0 bridgehead atoms. The first kappa shape index (κ1) is 13.0. The molecule has 4 heteroatoms. The van der Waals surface area contributed by atoms with Crippen molar-refractivity contribution in [2.45, 2.75) is 32.4 Å². The van der Waals surface area contributed by atoms with E-state index < -0.39 is 0 Å². The normalized spacial score (nSPS) is 11.8. The molecule has 0 N–H and O–H groups in total. The Morgan fingerprint density at radius 2 is 1.67 bits per heavy atom. The van der Waals surface area contributed by atoms with Crippen molar-refractivity contribution in [3.8, 4) is 0 Å². The standard InChI is InChI=1S/C11H14Cl2OSi/c1-11(2,3)15-14-7-8-4-9(12)6-10(13)5-8/h4-6H,7H2,1-3H3. The molecule has 2 radical (unpaired) electrons. The monoisotopic (exact) mass is 260 g/mol. The van der Waals surface area contributed by atoms with Crippen LogP contribution in [0.2, 0.25) is 15.1 Å². The largest absolute Gasteiger partial charge is 0.413 e. The highest BCUT2D eigenvalue weighted by molar-refractivity contribution is 6.34. The average Bonchev–Trinajstić information content (AvgIpc) is 1.99. The van der Waals surface area contributed by atoms with Crippen molar-refractivity contribution in [3.63, 3.8) is 0 Å². The molecule has 0 saturated heterocycles. The molecular weight excluding hydrogens is 247 g/mol. The van der Waals surface area contributed by atoms with Gasteiger partial charge in [0.25, 0.3) is 0 Å². The zero-order chi connectivity index (χ0) is 11.5. The van der Waals surface area contributed by atoms with Crippen LogP contribution in [0.3, 0.4) is 0 Å². The molecule has 0 saturated carbocycles. The van der Waals surface area contributed by atoms with Gasteiger partial charge in [0, 0.05) is 10.0 Å². The summed E-state index contributed by atoms with van der Waals surface area (Å²) >= 11 is 11.8. The first-order valence-electron chi connectivity index (χ1n) is 4.71. The third-order valence-corrected chi connectivity index (χ3v) is 2.88. The van der Waals surface area contributed by atoms with Gasteiger partial charge in [-0.3, -0.25) is 0 Å². The van der Waals surface area contributed by atoms with Gasteiger partial charge >= 0.3 is 0 Å². The van der Waals surface area contributed by atoms with Gasteiger partial charge in [-0.25, -0.2) is 0 Å². The van der Waals surface area contributed by atoms with Gasteiger partial charge in [-0.05, 0) is 28.8 Å². The van der Waals surface area contributed by atoms with Crippen LogP contribution in [0.1, 0.15) is 26.3 Å². The summed E-state index contributed by atoms with van der Waals surface area (Å²) in [5.41, 5.74) is 1.02. The summed E-state index contributed by atoms with van der Waals surface area (Å²) in [6, 6.07) is 5.47. The Balaban J connectivity index is 2.51. The van der Waals surface area contributed by atoms with Crippen molar-refractivity contribution in [2.75, 3.05) is 0 Å². The molecule has 1 nitrogen and oxygen atoms in total. The molecule has 0 aliphatic heterocycles. The Kier molecular flexibility index (Phi) is 4.65. The summed E-state index contributed by atoms with van der Waals surface area (Å²) in [7, 11) is 0.475. The highest BCUT2D eigenvalue weighted by atomic mass is 35.5. The van der Waals surface area contributed by atoms with Crippen LogP contribution in [0, 0.1) is 0 Å². The highest BCUT2D eigenvalue weighted by Crippen LogP contribution is 2.22. The zero-order valence-corrected chi connectivity index (χ0v) is 11.6. The number of rotatable bonds is 3. The van der Waals surface area contributed by atoms with Gasteiger partial charge < -0.3 is 4.43 Å². The van der Waals surface area contributed by atoms with E-state index in [0.29, 0.717) is 26.4 Å². The van der Waals surface area contributed by atoms with Crippen molar-refractivity contribution in [1.82, 2.24) is 0 Å². The maximum atomic E-state index is 5.88. The second kappa shape index (κ2) is 5.35. The zero-order valence-electron chi connectivity index (χ0n) is 9.10. The highest BCUT2D eigenvalue weighted by Gasteiger charge is 2.13. The molecular formula is C11H14Cl2OSi. The predicted octanol–water partition coefficient (Wildman–Crippen LogP) is 4.35. The van der Waals surface area contributed by atoms with Crippen LogP contribution in [-0.4, -0.2) is 9.76 Å². The van der Waals surface area contributed by atoms with Gasteiger partial charge in [-0.2, -0.15) is 0 Å². The quantitative estimate of drug-likeness (QED) is 0.735. The number of halogens is 2. The van der Waals surface area contributed by atoms with E-state index >= 15 is 0 Å². The van der Waals surface area contributed by atoms with Crippen LogP contribution in [0.25, 0.3) is 0 Å². The smallest absolute Gasteiger partial charge is 0.236 e. The summed E-state index contributed by atoms with van der Waals surface area (Å²) < 4.78 is 5.60. The first-order valence-corrected chi connectivity index (χ1v) is 6.37. The van der Waals surface area contributed by atoms with E-state index in [1.165, 1.54) is 0 Å². The van der Waals surface area contributed by atoms with Crippen LogP contribution in [-0.2, 0) is 11.0 Å². The van der Waals surface area contributed by atoms with Gasteiger partial charge in [0.05, 0.1) is 6.61 Å². The number of benzene rings is 1. The number of hydrogen-bond acceptors (Lipinski definition) is 1. The fraction of sp³-hybridized carbons (Fsp3) is 0.455. The van der Waals surface area contributed by atoms with Crippen molar-refractivity contribution < 1.29 is 4.43 Å². The van der Waals surface area contributed by atoms with Crippen LogP contribution < -0.4 is 0 Å². The molecule has 0 heterocycles. The molecule has 0 aromatic heterocycles. The maximum absolute atomic E-state index is 5.88. The van der Waals surface area contributed by atoms with Crippen LogP contribution in [0.4, 0.5) is 0 Å². The van der Waals surface area contributed by atoms with Crippen molar-refractivity contribution in [1.29, 1.82) is 0 Å². The first-order chi connectivity index (χ1) is 6.87. The molecule has 0 atom stereocenters. The summed E-state index contributed by atoms with van der Waals surface area (Å²) in [6.45, 7) is 7.01. The molecule has 0 aliphatic carbocycles. The topological polar surface area (TPSA) is 9.23 Å². The molecule has 0 amide bonds. The maximum Gasteiger partial charge on any atom is 0.236 e. The van der Waals surface area contributed by atoms with E-state index in [1.54, 1.807) is 6.07 Å². The predicted molar refractivity (Wildman–Crippen MR) is 66.7 cm³/mol. The fourth-order valence-corrected chi connectivity index (χ4v) is 2.27. The lowest BCUT2D eigenvalue weighted by Gasteiger charge is -2.15. The Morgan fingerprint density at radius 1 is 1.13 bits per heavy atom. The minimum atomic E-state index is 0.211. The number of hydrogen-bond donors (Lipinski definition) is 0. The molecule has 0 aliphatic rings. The van der Waals surface area contributed by atoms with Gasteiger partial charge in [0.2, 0.25) is 9.76 Å². The van der Waals surface area contributed by atoms with Gasteiger partial charge in [-0.15, -0.1) is 0 Å². The van der Waals surface area contributed by atoms with Crippen molar-refractivity contribution in [3.05, 3.63) is 33.8 Å². The van der Waals surface area contributed by atoms with Gasteiger partial charge in [0.15, 0.2) is 0 Å². The second-order valence-electron chi connectivity index (χ2n) is 4.42. The molecule has 15 heavy (non-hydrogen) atoms. The summed E-state index contributed by atoms with van der Waals surface area (Å²) in [5.74, 6) is 0. The minimum absolute atomic E-state index is 0.211. The van der Waals surface area contributed by atoms with E-state index in [1.807, 2.05) is 12.1 Å². The molecule has 1 rings (SSSR count). The molecule has 0 unspecified atom stereocenters. The summed E-state index contributed by atoms with van der Waals surface area (Å²) in [4.78, 5) is 0. The van der Waals surface area contributed by atoms with E-state index in [2.05, 4.69) is 20.8 Å². The molecule has 82 valence electrons. The minimum Gasteiger partial charge on any atom is -0.413 e. The molecule has 1 aromatic carbocycles. The average molecular weight is 261 g/mol. The fourth-order valence-electron chi connectivity index (χ4n) is 1.03. The van der Waals surface area contributed by atoms with E-state index in [4.69, 9.17) is 27.6 Å². The van der Waals surface area contributed by atoms with Gasteiger partial charge in [0.1, 0.15) is 0 Å². The van der Waals surface area contributed by atoms with Crippen LogP contribution in [0.15, 0.2) is 18.2 Å². The second-order valence-corrected chi connectivity index (χ2v) is 7.28. The van der Waals surface area contributed by atoms with Gasteiger partial charge in [-0.1, -0.05) is 44.0 Å². The van der Waals surface area contributed by atoms with E-state index in [0.717, 1.165) is 5.56 Å². The third-order valence-electron chi connectivity index (χ3n) is 1.54. The Morgan fingerprint density at radius 3 is 2.13 bits per heavy atom. The van der Waals surface area contributed by atoms with Crippen LogP contribution in [0.5, 0.6) is 0 Å². The Labute approximate surface area is 104 Å². The lowest BCUT2D eigenvalue weighted by atomic mass is 10.2. The van der Waals surface area contributed by atoms with Crippen molar-refractivity contribution >= 4 is 33.0 Å².